The molecule has 2 rings (SSSR count). The molecular weight excluding hydrogens is 262 g/mol. The van der Waals surface area contributed by atoms with Crippen LogP contribution in [0.4, 0.5) is 11.4 Å². The first-order valence-electron chi connectivity index (χ1n) is 6.28. The van der Waals surface area contributed by atoms with E-state index in [0.717, 1.165) is 25.2 Å². The van der Waals surface area contributed by atoms with Crippen molar-refractivity contribution in [2.45, 2.75) is 32.1 Å². The molecule has 5 nitrogen and oxygen atoms in total. The van der Waals surface area contributed by atoms with Crippen LogP contribution in [0.2, 0.25) is 0 Å². The van der Waals surface area contributed by atoms with Crippen LogP contribution >= 0.6 is 0 Å². The van der Waals surface area contributed by atoms with Crippen molar-refractivity contribution in [3.05, 3.63) is 17.7 Å². The third-order valence-electron chi connectivity index (χ3n) is 3.68. The van der Waals surface area contributed by atoms with Gasteiger partial charge in [-0.2, -0.15) is 0 Å². The molecule has 4 N–H and O–H groups in total. The van der Waals surface area contributed by atoms with Gasteiger partial charge in [-0.15, -0.1) is 0 Å². The van der Waals surface area contributed by atoms with Crippen molar-refractivity contribution in [3.8, 4) is 0 Å². The lowest BCUT2D eigenvalue weighted by atomic mass is 9.93. The Labute approximate surface area is 114 Å². The van der Waals surface area contributed by atoms with Gasteiger partial charge in [0, 0.05) is 24.5 Å². The summed E-state index contributed by atoms with van der Waals surface area (Å²) in [6.45, 7) is 7.98. The molecule has 106 valence electrons. The molecule has 0 amide bonds. The summed E-state index contributed by atoms with van der Waals surface area (Å²) in [7, 11) is -3.74. The summed E-state index contributed by atoms with van der Waals surface area (Å²) in [4.78, 5) is 2.30. The monoisotopic (exact) mass is 283 g/mol. The summed E-state index contributed by atoms with van der Waals surface area (Å²) < 4.78 is 23.2. The van der Waals surface area contributed by atoms with Crippen LogP contribution in [0.5, 0.6) is 0 Å². The molecule has 0 spiro atoms. The number of hydrogen-bond acceptors (Lipinski definition) is 4. The smallest absolute Gasteiger partial charge is 0.238 e. The highest BCUT2D eigenvalue weighted by Gasteiger charge is 2.31. The molecule has 0 aromatic heterocycles. The summed E-state index contributed by atoms with van der Waals surface area (Å²) >= 11 is 0. The van der Waals surface area contributed by atoms with E-state index in [1.807, 2.05) is 6.07 Å². The number of primary sulfonamides is 1. The number of sulfonamides is 1. The summed E-state index contributed by atoms with van der Waals surface area (Å²) in [6.07, 6.45) is 1.08. The van der Waals surface area contributed by atoms with Crippen molar-refractivity contribution in [1.82, 2.24) is 0 Å². The van der Waals surface area contributed by atoms with Gasteiger partial charge in [-0.3, -0.25) is 0 Å². The van der Waals surface area contributed by atoms with Crippen LogP contribution in [0.1, 0.15) is 25.8 Å². The van der Waals surface area contributed by atoms with E-state index in [9.17, 15) is 8.42 Å². The molecule has 1 aromatic rings. The van der Waals surface area contributed by atoms with E-state index in [-0.39, 0.29) is 10.3 Å². The molecule has 6 heteroatoms. The minimum atomic E-state index is -3.74. The van der Waals surface area contributed by atoms with Gasteiger partial charge in [-0.05, 0) is 36.5 Å². The Balaban J connectivity index is 2.51. The number of benzene rings is 1. The van der Waals surface area contributed by atoms with Crippen LogP contribution in [0, 0.1) is 12.3 Å². The zero-order chi connectivity index (χ0) is 14.4. The molecule has 1 saturated heterocycles. The average Bonchev–Trinajstić information content (AvgIpc) is 2.60. The molecule has 0 bridgehead atoms. The van der Waals surface area contributed by atoms with Crippen LogP contribution < -0.4 is 15.8 Å². The van der Waals surface area contributed by atoms with Gasteiger partial charge >= 0.3 is 0 Å². The van der Waals surface area contributed by atoms with Crippen LogP contribution in [0.15, 0.2) is 17.0 Å². The molecule has 1 aromatic carbocycles. The van der Waals surface area contributed by atoms with Gasteiger partial charge < -0.3 is 10.6 Å². The maximum absolute atomic E-state index is 11.6. The Morgan fingerprint density at radius 2 is 1.95 bits per heavy atom. The van der Waals surface area contributed by atoms with Crippen LogP contribution in [0.3, 0.4) is 0 Å². The molecule has 0 aliphatic carbocycles. The number of nitrogens with two attached hydrogens (primary N) is 2. The maximum Gasteiger partial charge on any atom is 0.238 e. The fourth-order valence-electron chi connectivity index (χ4n) is 2.64. The number of anilines is 2. The van der Waals surface area contributed by atoms with Crippen molar-refractivity contribution in [2.24, 2.45) is 10.6 Å². The summed E-state index contributed by atoms with van der Waals surface area (Å²) in [5.41, 5.74) is 8.02. The Morgan fingerprint density at radius 1 is 1.32 bits per heavy atom. The summed E-state index contributed by atoms with van der Waals surface area (Å²) in [6, 6.07) is 3.25. The SMILES string of the molecule is Cc1c(N2CCC(C)(C)C2)cc(N)cc1S(N)(=O)=O. The molecule has 0 saturated carbocycles. The first kappa shape index (κ1) is 14.1. The molecule has 1 fully saturated rings. The topological polar surface area (TPSA) is 89.4 Å². The van der Waals surface area contributed by atoms with Crippen molar-refractivity contribution >= 4 is 21.4 Å². The predicted octanol–water partition coefficient (Wildman–Crippen LogP) is 1.46. The van der Waals surface area contributed by atoms with E-state index >= 15 is 0 Å². The van der Waals surface area contributed by atoms with Crippen LogP contribution in [-0.2, 0) is 10.0 Å². The zero-order valence-corrected chi connectivity index (χ0v) is 12.4. The van der Waals surface area contributed by atoms with Gasteiger partial charge in [-0.25, -0.2) is 13.6 Å². The quantitative estimate of drug-likeness (QED) is 0.804. The predicted molar refractivity (Wildman–Crippen MR) is 77.6 cm³/mol. The standard InChI is InChI=1S/C13H21N3O2S/c1-9-11(16-5-4-13(2,3)8-16)6-10(14)7-12(9)19(15,17)18/h6-7H,4-5,8,14H2,1-3H3,(H2,15,17,18). The molecule has 19 heavy (non-hydrogen) atoms. The van der Waals surface area contributed by atoms with Gasteiger partial charge in [0.05, 0.1) is 4.90 Å². The molecule has 1 heterocycles. The fraction of sp³-hybridized carbons (Fsp3) is 0.538. The van der Waals surface area contributed by atoms with Gasteiger partial charge in [0.1, 0.15) is 0 Å². The Morgan fingerprint density at radius 3 is 2.42 bits per heavy atom. The summed E-state index contributed by atoms with van der Waals surface area (Å²) in [5, 5.41) is 5.25. The third kappa shape index (κ3) is 2.84. The second-order valence-corrected chi connectivity index (χ2v) is 7.57. The zero-order valence-electron chi connectivity index (χ0n) is 11.6. The molecule has 0 atom stereocenters. The van der Waals surface area contributed by atoms with Crippen molar-refractivity contribution < 1.29 is 8.42 Å². The van der Waals surface area contributed by atoms with Crippen molar-refractivity contribution in [3.63, 3.8) is 0 Å². The average molecular weight is 283 g/mol. The Bertz CT molecular complexity index is 609. The third-order valence-corrected chi connectivity index (χ3v) is 4.72. The number of nitrogen functional groups attached to an aromatic ring is 1. The molecule has 0 unspecified atom stereocenters. The highest BCUT2D eigenvalue weighted by molar-refractivity contribution is 7.89. The highest BCUT2D eigenvalue weighted by atomic mass is 32.2. The second-order valence-electron chi connectivity index (χ2n) is 6.04. The Kier molecular flexibility index (Phi) is 3.26. The van der Waals surface area contributed by atoms with E-state index in [1.54, 1.807) is 6.92 Å². The number of rotatable bonds is 2. The van der Waals surface area contributed by atoms with Gasteiger partial charge in [-0.1, -0.05) is 13.8 Å². The maximum atomic E-state index is 11.6. The number of nitrogens with zero attached hydrogens (tertiary/aromatic N) is 1. The normalized spacial score (nSPS) is 18.8. The van der Waals surface area contributed by atoms with Crippen molar-refractivity contribution in [2.75, 3.05) is 23.7 Å². The lowest BCUT2D eigenvalue weighted by Crippen LogP contribution is -2.25. The lowest BCUT2D eigenvalue weighted by molar-refractivity contribution is 0.418. The van der Waals surface area contributed by atoms with E-state index in [2.05, 4.69) is 18.7 Å². The lowest BCUT2D eigenvalue weighted by Gasteiger charge is -2.24. The van der Waals surface area contributed by atoms with E-state index < -0.39 is 10.0 Å². The Hall–Kier alpha value is -1.27. The van der Waals surface area contributed by atoms with E-state index in [4.69, 9.17) is 10.9 Å². The molecule has 1 aliphatic rings. The van der Waals surface area contributed by atoms with E-state index in [0.29, 0.717) is 11.3 Å². The van der Waals surface area contributed by atoms with Gasteiger partial charge in [0.2, 0.25) is 10.0 Å². The fourth-order valence-corrected chi connectivity index (χ4v) is 3.47. The largest absolute Gasteiger partial charge is 0.399 e. The highest BCUT2D eigenvalue weighted by Crippen LogP contribution is 2.36. The minimum Gasteiger partial charge on any atom is -0.399 e. The summed E-state index contributed by atoms with van der Waals surface area (Å²) in [5.74, 6) is 0. The first-order chi connectivity index (χ1) is 8.60. The number of hydrogen-bond donors (Lipinski definition) is 2. The second kappa shape index (κ2) is 4.38. The van der Waals surface area contributed by atoms with E-state index in [1.165, 1.54) is 6.07 Å². The van der Waals surface area contributed by atoms with Gasteiger partial charge in [0.25, 0.3) is 0 Å². The molecular formula is C13H21N3O2S. The molecule has 0 radical (unpaired) electrons. The molecule has 1 aliphatic heterocycles. The van der Waals surface area contributed by atoms with Crippen LogP contribution in [-0.4, -0.2) is 21.5 Å². The van der Waals surface area contributed by atoms with Gasteiger partial charge in [0.15, 0.2) is 0 Å². The van der Waals surface area contributed by atoms with Crippen molar-refractivity contribution in [1.29, 1.82) is 0 Å². The van der Waals surface area contributed by atoms with Crippen LogP contribution in [0.25, 0.3) is 0 Å². The minimum absolute atomic E-state index is 0.118. The first-order valence-corrected chi connectivity index (χ1v) is 7.83.